The number of hydrogen-bond donors (Lipinski definition) is 1. The molecule has 0 aromatic heterocycles. The van der Waals surface area contributed by atoms with Crippen molar-refractivity contribution in [1.29, 1.82) is 0 Å². The van der Waals surface area contributed by atoms with Crippen LogP contribution in [0, 0.1) is 0 Å². The lowest BCUT2D eigenvalue weighted by Crippen LogP contribution is -1.87. The zero-order valence-corrected chi connectivity index (χ0v) is 4.93. The average Bonchev–Trinajstić information content (AvgIpc) is 1.36. The maximum atomic E-state index is 10.1. The highest BCUT2D eigenvalue weighted by Crippen LogP contribution is 2.18. The van der Waals surface area contributed by atoms with E-state index in [2.05, 4.69) is 0 Å². The molecule has 0 heterocycles. The Morgan fingerprint density at radius 1 is 1.83 bits per heavy atom. The molecule has 3 heteroatoms. The average molecular weight is 108 g/mol. The molecule has 1 N–H and O–H groups in total. The molecule has 0 aliphatic rings. The van der Waals surface area contributed by atoms with Crippen LogP contribution in [0.25, 0.3) is 0 Å². The van der Waals surface area contributed by atoms with Crippen LogP contribution in [-0.4, -0.2) is 17.6 Å². The maximum Gasteiger partial charge on any atom is 0.101 e. The standard InChI is InChI=1S/C3H9O2P/c1-3(4)6(2)5/h3-4,6H,1-2H3. The van der Waals surface area contributed by atoms with Crippen molar-refractivity contribution in [2.45, 2.75) is 12.8 Å². The minimum absolute atomic E-state index is 0.602. The van der Waals surface area contributed by atoms with E-state index in [9.17, 15) is 4.57 Å². The second kappa shape index (κ2) is 2.38. The third kappa shape index (κ3) is 2.43. The fourth-order valence-electron chi connectivity index (χ4n) is 0. The third-order valence-electron chi connectivity index (χ3n) is 0.588. The zero-order chi connectivity index (χ0) is 5.15. The molecular formula is C3H9O2P. The summed E-state index contributed by atoms with van der Waals surface area (Å²) in [5.74, 6) is -0.602. The molecule has 6 heavy (non-hydrogen) atoms. The quantitative estimate of drug-likeness (QED) is 0.497. The van der Waals surface area contributed by atoms with E-state index in [1.165, 1.54) is 13.6 Å². The predicted octanol–water partition coefficient (Wildman–Crippen LogP) is 0.514. The van der Waals surface area contributed by atoms with Crippen molar-refractivity contribution >= 4 is 7.80 Å². The SMILES string of the molecule is CC(O)[PH](C)=O. The van der Waals surface area contributed by atoms with Gasteiger partial charge in [-0.15, -0.1) is 0 Å². The number of aliphatic hydroxyl groups is 1. The molecule has 0 bridgehead atoms. The van der Waals surface area contributed by atoms with Crippen molar-refractivity contribution < 1.29 is 9.67 Å². The summed E-state index contributed by atoms with van der Waals surface area (Å²) in [5.41, 5.74) is 0. The Morgan fingerprint density at radius 2 is 2.00 bits per heavy atom. The number of hydrogen-bond acceptors (Lipinski definition) is 2. The summed E-state index contributed by atoms with van der Waals surface area (Å²) >= 11 is 0. The summed E-state index contributed by atoms with van der Waals surface area (Å²) in [6, 6.07) is 0. The summed E-state index contributed by atoms with van der Waals surface area (Å²) in [6.45, 7) is 3.07. The Balaban J connectivity index is 3.26. The molecular weight excluding hydrogens is 99.0 g/mol. The molecule has 0 spiro atoms. The van der Waals surface area contributed by atoms with E-state index in [0.29, 0.717) is 0 Å². The summed E-state index contributed by atoms with van der Waals surface area (Å²) in [7, 11) is -1.65. The van der Waals surface area contributed by atoms with Crippen molar-refractivity contribution in [2.24, 2.45) is 0 Å². The minimum atomic E-state index is -1.65. The van der Waals surface area contributed by atoms with E-state index in [0.717, 1.165) is 0 Å². The maximum absolute atomic E-state index is 10.1. The van der Waals surface area contributed by atoms with Crippen LogP contribution in [0.3, 0.4) is 0 Å². The first kappa shape index (κ1) is 6.19. The highest BCUT2D eigenvalue weighted by Gasteiger charge is 1.94. The van der Waals surface area contributed by atoms with E-state index in [4.69, 9.17) is 5.11 Å². The van der Waals surface area contributed by atoms with E-state index in [-0.39, 0.29) is 0 Å². The first-order chi connectivity index (χ1) is 2.64. The molecule has 0 saturated carbocycles. The van der Waals surface area contributed by atoms with Crippen LogP contribution in [0.2, 0.25) is 0 Å². The van der Waals surface area contributed by atoms with Gasteiger partial charge in [0.15, 0.2) is 0 Å². The lowest BCUT2D eigenvalue weighted by Gasteiger charge is -1.92. The van der Waals surface area contributed by atoms with E-state index >= 15 is 0 Å². The van der Waals surface area contributed by atoms with Crippen LogP contribution in [0.15, 0.2) is 0 Å². The fraction of sp³-hybridized carbons (Fsp3) is 1.00. The molecule has 38 valence electrons. The van der Waals surface area contributed by atoms with Gasteiger partial charge in [-0.3, -0.25) is 0 Å². The summed E-state index contributed by atoms with van der Waals surface area (Å²) in [6.07, 6.45) is 0. The Bertz CT molecular complexity index is 59.8. The summed E-state index contributed by atoms with van der Waals surface area (Å²) < 4.78 is 10.1. The highest BCUT2D eigenvalue weighted by atomic mass is 31.1. The van der Waals surface area contributed by atoms with Gasteiger partial charge in [0, 0.05) is 0 Å². The second-order valence-corrected chi connectivity index (χ2v) is 3.34. The Labute approximate surface area is 38.0 Å². The van der Waals surface area contributed by atoms with Gasteiger partial charge in [0.05, 0.1) is 0 Å². The van der Waals surface area contributed by atoms with Crippen LogP contribution in [0.4, 0.5) is 0 Å². The molecule has 0 radical (unpaired) electrons. The van der Waals surface area contributed by atoms with Crippen LogP contribution in [0.1, 0.15) is 6.92 Å². The molecule has 0 aliphatic carbocycles. The molecule has 0 aliphatic heterocycles. The van der Waals surface area contributed by atoms with Gasteiger partial charge in [-0.2, -0.15) is 0 Å². The van der Waals surface area contributed by atoms with Gasteiger partial charge < -0.3 is 9.67 Å². The largest absolute Gasteiger partial charge is 0.386 e. The van der Waals surface area contributed by atoms with Gasteiger partial charge in [0.2, 0.25) is 0 Å². The van der Waals surface area contributed by atoms with Crippen LogP contribution >= 0.6 is 7.80 Å². The molecule has 0 rings (SSSR count). The minimum Gasteiger partial charge on any atom is -0.386 e. The monoisotopic (exact) mass is 108 g/mol. The van der Waals surface area contributed by atoms with Gasteiger partial charge in [0.25, 0.3) is 0 Å². The topological polar surface area (TPSA) is 37.3 Å². The molecule has 0 aromatic carbocycles. The highest BCUT2D eigenvalue weighted by molar-refractivity contribution is 7.44. The van der Waals surface area contributed by atoms with Crippen molar-refractivity contribution in [1.82, 2.24) is 0 Å². The fourth-order valence-corrected chi connectivity index (χ4v) is 0. The smallest absolute Gasteiger partial charge is 0.101 e. The normalized spacial score (nSPS) is 19.8. The Kier molecular flexibility index (Phi) is 2.45. The molecule has 2 nitrogen and oxygen atoms in total. The lowest BCUT2D eigenvalue weighted by molar-refractivity contribution is 0.272. The molecule has 0 saturated heterocycles. The number of aliphatic hydroxyl groups excluding tert-OH is 1. The predicted molar refractivity (Wildman–Crippen MR) is 26.6 cm³/mol. The Morgan fingerprint density at radius 3 is 2.00 bits per heavy atom. The van der Waals surface area contributed by atoms with E-state index in [1.807, 2.05) is 0 Å². The van der Waals surface area contributed by atoms with Crippen molar-refractivity contribution in [3.63, 3.8) is 0 Å². The molecule has 0 aromatic rings. The molecule has 2 unspecified atom stereocenters. The Hall–Kier alpha value is 0.190. The zero-order valence-electron chi connectivity index (χ0n) is 3.93. The molecule has 2 atom stereocenters. The van der Waals surface area contributed by atoms with Crippen LogP contribution in [-0.2, 0) is 4.57 Å². The van der Waals surface area contributed by atoms with Gasteiger partial charge in [-0.1, -0.05) is 0 Å². The van der Waals surface area contributed by atoms with Crippen molar-refractivity contribution in [3.8, 4) is 0 Å². The summed E-state index contributed by atoms with van der Waals surface area (Å²) in [4.78, 5) is 0. The first-order valence-electron chi connectivity index (χ1n) is 1.83. The van der Waals surface area contributed by atoms with Gasteiger partial charge in [-0.05, 0) is 13.6 Å². The number of rotatable bonds is 1. The van der Waals surface area contributed by atoms with E-state index in [1.54, 1.807) is 0 Å². The van der Waals surface area contributed by atoms with Crippen molar-refractivity contribution in [3.05, 3.63) is 0 Å². The van der Waals surface area contributed by atoms with E-state index < -0.39 is 13.6 Å². The third-order valence-corrected chi connectivity index (χ3v) is 1.76. The van der Waals surface area contributed by atoms with Crippen LogP contribution in [0.5, 0.6) is 0 Å². The van der Waals surface area contributed by atoms with Gasteiger partial charge in [0.1, 0.15) is 13.6 Å². The lowest BCUT2D eigenvalue weighted by atomic mass is 10.9. The van der Waals surface area contributed by atoms with Crippen LogP contribution < -0.4 is 0 Å². The van der Waals surface area contributed by atoms with Gasteiger partial charge in [-0.25, -0.2) is 0 Å². The summed E-state index contributed by atoms with van der Waals surface area (Å²) in [5, 5.41) is 8.36. The molecule has 0 fully saturated rings. The van der Waals surface area contributed by atoms with Gasteiger partial charge >= 0.3 is 0 Å². The second-order valence-electron chi connectivity index (χ2n) is 1.29. The van der Waals surface area contributed by atoms with Crippen molar-refractivity contribution in [2.75, 3.05) is 6.66 Å². The molecule has 0 amide bonds. The first-order valence-corrected chi connectivity index (χ1v) is 3.81.